The number of rotatable bonds is 2. The third kappa shape index (κ3) is 1.92. The summed E-state index contributed by atoms with van der Waals surface area (Å²) in [4.78, 5) is 0.296. The largest absolute Gasteiger partial charge is 0.330 e. The molecule has 2 N–H and O–H groups in total. The molecule has 1 aliphatic heterocycles. The minimum atomic E-state index is -3.46. The monoisotopic (exact) mass is 242 g/mol. The van der Waals surface area contributed by atoms with Gasteiger partial charge >= 0.3 is 0 Å². The van der Waals surface area contributed by atoms with Gasteiger partial charge in [-0.2, -0.15) is 12.8 Å². The second kappa shape index (κ2) is 3.96. The van der Waals surface area contributed by atoms with Crippen LogP contribution in [0.25, 0.3) is 0 Å². The van der Waals surface area contributed by atoms with Crippen molar-refractivity contribution in [3.8, 4) is 0 Å². The molecule has 0 atom stereocenters. The topological polar surface area (TPSA) is 72.5 Å². The van der Waals surface area contributed by atoms with Gasteiger partial charge in [-0.3, -0.25) is 0 Å². The average Bonchev–Trinajstić information content (AvgIpc) is 2.49. The highest BCUT2D eigenvalue weighted by molar-refractivity contribution is 8.15. The lowest BCUT2D eigenvalue weighted by Gasteiger charge is -1.99. The Kier molecular flexibility index (Phi) is 2.81. The summed E-state index contributed by atoms with van der Waals surface area (Å²) in [5, 5.41) is 0.552. The molecule has 0 unspecified atom stereocenters. The van der Waals surface area contributed by atoms with Gasteiger partial charge in [-0.1, -0.05) is 18.2 Å². The second-order valence-electron chi connectivity index (χ2n) is 3.00. The molecule has 15 heavy (non-hydrogen) atoms. The molecule has 1 heterocycles. The third-order valence-electron chi connectivity index (χ3n) is 1.96. The molecule has 0 fully saturated rings. The molecule has 0 radical (unpaired) electrons. The Morgan fingerprint density at radius 1 is 1.33 bits per heavy atom. The van der Waals surface area contributed by atoms with E-state index in [4.69, 9.17) is 5.73 Å². The first-order chi connectivity index (χ1) is 7.15. The van der Waals surface area contributed by atoms with E-state index in [0.717, 1.165) is 0 Å². The summed E-state index contributed by atoms with van der Waals surface area (Å²) in [6.07, 6.45) is 0. The SMILES string of the molecule is NCCSC1=NS(=O)(=O)c2ccccc21. The molecule has 1 aromatic carbocycles. The molecule has 6 heteroatoms. The van der Waals surface area contributed by atoms with Gasteiger partial charge in [-0.25, -0.2) is 0 Å². The molecule has 4 nitrogen and oxygen atoms in total. The number of benzene rings is 1. The molecular weight excluding hydrogens is 232 g/mol. The molecule has 80 valence electrons. The van der Waals surface area contributed by atoms with Crippen molar-refractivity contribution in [1.29, 1.82) is 0 Å². The smallest absolute Gasteiger partial charge is 0.284 e. The van der Waals surface area contributed by atoms with Gasteiger partial charge in [0.25, 0.3) is 10.0 Å². The van der Waals surface area contributed by atoms with Gasteiger partial charge in [-0.05, 0) is 6.07 Å². The Balaban J connectivity index is 2.44. The van der Waals surface area contributed by atoms with Gasteiger partial charge in [-0.15, -0.1) is 11.8 Å². The van der Waals surface area contributed by atoms with Crippen LogP contribution in [0.5, 0.6) is 0 Å². The molecule has 1 aromatic rings. The maximum atomic E-state index is 11.6. The predicted molar refractivity (Wildman–Crippen MR) is 61.7 cm³/mol. The lowest BCUT2D eigenvalue weighted by atomic mass is 10.2. The van der Waals surface area contributed by atoms with Crippen LogP contribution in [0.1, 0.15) is 5.56 Å². The summed E-state index contributed by atoms with van der Waals surface area (Å²) in [7, 11) is -3.46. The van der Waals surface area contributed by atoms with Crippen LogP contribution in [0.3, 0.4) is 0 Å². The zero-order chi connectivity index (χ0) is 10.9. The van der Waals surface area contributed by atoms with Gasteiger partial charge < -0.3 is 5.73 Å². The first kappa shape index (κ1) is 10.7. The maximum Gasteiger partial charge on any atom is 0.284 e. The van der Waals surface area contributed by atoms with Crippen LogP contribution in [-0.2, 0) is 10.0 Å². The second-order valence-corrected chi connectivity index (χ2v) is 5.66. The van der Waals surface area contributed by atoms with Gasteiger partial charge in [0, 0.05) is 17.9 Å². The first-order valence-electron chi connectivity index (χ1n) is 4.42. The molecule has 0 saturated heterocycles. The van der Waals surface area contributed by atoms with Crippen LogP contribution < -0.4 is 5.73 Å². The number of sulfonamides is 1. The first-order valence-corrected chi connectivity index (χ1v) is 6.85. The van der Waals surface area contributed by atoms with Crippen molar-refractivity contribution in [3.63, 3.8) is 0 Å². The van der Waals surface area contributed by atoms with Gasteiger partial charge in [0.05, 0.1) is 4.90 Å². The normalized spacial score (nSPS) is 17.3. The number of nitrogens with two attached hydrogens (primary N) is 1. The van der Waals surface area contributed by atoms with E-state index >= 15 is 0 Å². The van der Waals surface area contributed by atoms with E-state index in [9.17, 15) is 8.42 Å². The van der Waals surface area contributed by atoms with E-state index in [1.807, 2.05) is 0 Å². The summed E-state index contributed by atoms with van der Waals surface area (Å²) >= 11 is 1.37. The van der Waals surface area contributed by atoms with Crippen molar-refractivity contribution in [2.24, 2.45) is 10.1 Å². The molecule has 1 aliphatic rings. The minimum Gasteiger partial charge on any atom is -0.330 e. The zero-order valence-electron chi connectivity index (χ0n) is 7.88. The highest BCUT2D eigenvalue weighted by atomic mass is 32.2. The molecule has 0 bridgehead atoms. The van der Waals surface area contributed by atoms with Crippen LogP contribution in [0.15, 0.2) is 33.6 Å². The fourth-order valence-electron chi connectivity index (χ4n) is 1.34. The van der Waals surface area contributed by atoms with Crippen molar-refractivity contribution in [3.05, 3.63) is 29.8 Å². The highest BCUT2D eigenvalue weighted by Gasteiger charge is 2.27. The summed E-state index contributed by atoms with van der Waals surface area (Å²) in [6.45, 7) is 0.506. The summed E-state index contributed by atoms with van der Waals surface area (Å²) < 4.78 is 26.9. The van der Waals surface area contributed by atoms with Gasteiger partial charge in [0.15, 0.2) is 0 Å². The van der Waals surface area contributed by atoms with E-state index in [2.05, 4.69) is 4.40 Å². The van der Waals surface area contributed by atoms with E-state index in [-0.39, 0.29) is 0 Å². The highest BCUT2D eigenvalue weighted by Crippen LogP contribution is 2.30. The standard InChI is InChI=1S/C9H10N2O2S2/c10-5-6-14-9-7-3-1-2-4-8(7)15(12,13)11-9/h1-4H,5-6,10H2. The minimum absolute atomic E-state index is 0.296. The van der Waals surface area contributed by atoms with Gasteiger partial charge in [0.2, 0.25) is 0 Å². The van der Waals surface area contributed by atoms with Crippen molar-refractivity contribution < 1.29 is 8.42 Å². The summed E-state index contributed by atoms with van der Waals surface area (Å²) in [5.74, 6) is 0.669. The quantitative estimate of drug-likeness (QED) is 0.833. The van der Waals surface area contributed by atoms with Crippen LogP contribution >= 0.6 is 11.8 Å². The average molecular weight is 242 g/mol. The molecule has 0 aliphatic carbocycles. The lowest BCUT2D eigenvalue weighted by molar-refractivity contribution is 0.599. The Labute approximate surface area is 92.6 Å². The Bertz CT molecular complexity index is 509. The van der Waals surface area contributed by atoms with E-state index in [1.165, 1.54) is 11.8 Å². The van der Waals surface area contributed by atoms with Crippen molar-refractivity contribution in [1.82, 2.24) is 0 Å². The fourth-order valence-corrected chi connectivity index (χ4v) is 3.66. The van der Waals surface area contributed by atoms with Crippen LogP contribution in [0, 0.1) is 0 Å². The van der Waals surface area contributed by atoms with Crippen molar-refractivity contribution >= 4 is 26.8 Å². The van der Waals surface area contributed by atoms with Gasteiger partial charge in [0.1, 0.15) is 5.04 Å². The number of hydrogen-bond acceptors (Lipinski definition) is 4. The van der Waals surface area contributed by atoms with Crippen molar-refractivity contribution in [2.75, 3.05) is 12.3 Å². The lowest BCUT2D eigenvalue weighted by Crippen LogP contribution is -2.04. The third-order valence-corrected chi connectivity index (χ3v) is 4.43. The van der Waals surface area contributed by atoms with Crippen molar-refractivity contribution in [2.45, 2.75) is 4.90 Å². The molecule has 0 amide bonds. The fraction of sp³-hybridized carbons (Fsp3) is 0.222. The number of fused-ring (bicyclic) bond motifs is 1. The summed E-state index contributed by atoms with van der Waals surface area (Å²) in [5.41, 5.74) is 6.06. The van der Waals surface area contributed by atoms with E-state index < -0.39 is 10.0 Å². The van der Waals surface area contributed by atoms with Crippen LogP contribution in [0.2, 0.25) is 0 Å². The molecule has 0 spiro atoms. The zero-order valence-corrected chi connectivity index (χ0v) is 9.51. The Morgan fingerprint density at radius 2 is 2.07 bits per heavy atom. The maximum absolute atomic E-state index is 11.6. The summed E-state index contributed by atoms with van der Waals surface area (Å²) in [6, 6.07) is 6.84. The molecular formula is C9H10N2O2S2. The van der Waals surface area contributed by atoms with E-state index in [1.54, 1.807) is 24.3 Å². The Hall–Kier alpha value is -0.850. The number of hydrogen-bond donors (Lipinski definition) is 1. The van der Waals surface area contributed by atoms with E-state index in [0.29, 0.717) is 27.8 Å². The predicted octanol–water partition coefficient (Wildman–Crippen LogP) is 0.827. The molecule has 0 aromatic heterocycles. The molecule has 0 saturated carbocycles. The number of nitrogens with zero attached hydrogens (tertiary/aromatic N) is 1. The van der Waals surface area contributed by atoms with Crippen LogP contribution in [-0.4, -0.2) is 25.8 Å². The van der Waals surface area contributed by atoms with Crippen LogP contribution in [0.4, 0.5) is 0 Å². The number of thioether (sulfide) groups is 1. The Morgan fingerprint density at radius 3 is 2.80 bits per heavy atom. The molecule has 2 rings (SSSR count).